The second kappa shape index (κ2) is 6.30. The van der Waals surface area contributed by atoms with Gasteiger partial charge in [0, 0.05) is 17.6 Å². The number of rotatable bonds is 3. The van der Waals surface area contributed by atoms with Crippen molar-refractivity contribution in [3.63, 3.8) is 0 Å². The molecule has 5 nitrogen and oxygen atoms in total. The highest BCUT2D eigenvalue weighted by Crippen LogP contribution is 2.27. The van der Waals surface area contributed by atoms with E-state index in [1.165, 1.54) is 19.2 Å². The van der Waals surface area contributed by atoms with Crippen molar-refractivity contribution in [1.29, 1.82) is 0 Å². The number of carboxylic acid groups (broad SMARTS) is 1. The number of hydrogen-bond acceptors (Lipinski definition) is 3. The molecule has 1 unspecified atom stereocenters. The van der Waals surface area contributed by atoms with Crippen LogP contribution in [0, 0.1) is 5.82 Å². The van der Waals surface area contributed by atoms with Crippen molar-refractivity contribution in [1.82, 2.24) is 4.90 Å². The number of benzene rings is 1. The molecule has 1 amide bonds. The summed E-state index contributed by atoms with van der Waals surface area (Å²) in [5, 5.41) is 9.48. The molecule has 1 atom stereocenters. The van der Waals surface area contributed by atoms with Crippen LogP contribution in [-0.4, -0.2) is 34.7 Å². The van der Waals surface area contributed by atoms with Gasteiger partial charge in [0.1, 0.15) is 11.4 Å². The average molecular weight is 318 g/mol. The first-order valence-electron chi connectivity index (χ1n) is 6.16. The number of hydrogen-bond donors (Lipinski definition) is 1. The van der Waals surface area contributed by atoms with Gasteiger partial charge in [-0.3, -0.25) is 4.90 Å². The van der Waals surface area contributed by atoms with Crippen LogP contribution < -0.4 is 0 Å². The van der Waals surface area contributed by atoms with Crippen LogP contribution in [0.5, 0.6) is 0 Å². The molecular weight excluding hydrogens is 301 g/mol. The third kappa shape index (κ3) is 4.60. The van der Waals surface area contributed by atoms with Crippen LogP contribution in [0.25, 0.3) is 0 Å². The third-order valence-corrected chi connectivity index (χ3v) is 2.79. The van der Waals surface area contributed by atoms with Crippen molar-refractivity contribution in [2.75, 3.05) is 7.05 Å². The molecule has 0 aromatic heterocycles. The molecule has 0 saturated carbocycles. The molecule has 0 heterocycles. The maximum absolute atomic E-state index is 13.8. The maximum Gasteiger partial charge on any atom is 0.411 e. The van der Waals surface area contributed by atoms with Crippen molar-refractivity contribution < 1.29 is 23.8 Å². The fraction of sp³-hybridized carbons (Fsp3) is 0.429. The summed E-state index contributed by atoms with van der Waals surface area (Å²) in [7, 11) is 1.23. The molecule has 0 bridgehead atoms. The lowest BCUT2D eigenvalue weighted by atomic mass is 10.1. The van der Waals surface area contributed by atoms with Gasteiger partial charge in [0.05, 0.1) is 0 Å². The maximum atomic E-state index is 13.8. The molecule has 7 heteroatoms. The highest BCUT2D eigenvalue weighted by atomic mass is 35.5. The molecule has 0 aliphatic carbocycles. The van der Waals surface area contributed by atoms with Crippen LogP contribution in [0.15, 0.2) is 18.2 Å². The Kier molecular flexibility index (Phi) is 5.17. The zero-order valence-electron chi connectivity index (χ0n) is 12.2. The van der Waals surface area contributed by atoms with Crippen molar-refractivity contribution in [3.8, 4) is 0 Å². The van der Waals surface area contributed by atoms with E-state index < -0.39 is 29.5 Å². The van der Waals surface area contributed by atoms with E-state index in [1.807, 2.05) is 0 Å². The van der Waals surface area contributed by atoms with Crippen LogP contribution in [0.4, 0.5) is 9.18 Å². The number of carbonyl (C=O) groups excluding carboxylic acids is 1. The number of carboxylic acids is 1. The molecule has 21 heavy (non-hydrogen) atoms. The average Bonchev–Trinajstić information content (AvgIpc) is 2.31. The summed E-state index contributed by atoms with van der Waals surface area (Å²) in [4.78, 5) is 24.2. The first-order chi connectivity index (χ1) is 9.53. The summed E-state index contributed by atoms with van der Waals surface area (Å²) in [5.41, 5.74) is -0.996. The second-order valence-corrected chi connectivity index (χ2v) is 5.93. The first-order valence-corrected chi connectivity index (χ1v) is 6.54. The summed E-state index contributed by atoms with van der Waals surface area (Å²) in [6.07, 6.45) is -0.866. The van der Waals surface area contributed by atoms with E-state index in [9.17, 15) is 19.1 Å². The molecule has 116 valence electrons. The van der Waals surface area contributed by atoms with Crippen molar-refractivity contribution in [2.24, 2.45) is 0 Å². The van der Waals surface area contributed by atoms with Gasteiger partial charge in [-0.25, -0.2) is 14.0 Å². The van der Waals surface area contributed by atoms with Gasteiger partial charge in [0.15, 0.2) is 6.04 Å². The van der Waals surface area contributed by atoms with Crippen LogP contribution in [0.2, 0.25) is 5.02 Å². The van der Waals surface area contributed by atoms with Crippen molar-refractivity contribution in [2.45, 2.75) is 32.4 Å². The zero-order valence-corrected chi connectivity index (χ0v) is 12.9. The summed E-state index contributed by atoms with van der Waals surface area (Å²) >= 11 is 5.76. The minimum Gasteiger partial charge on any atom is -0.479 e. The number of likely N-dealkylation sites (N-methyl/N-ethyl adjacent to an activating group) is 1. The zero-order chi connectivity index (χ0) is 16.4. The van der Waals surface area contributed by atoms with Crippen LogP contribution in [0.3, 0.4) is 0 Å². The molecule has 1 aromatic rings. The molecule has 0 aliphatic heterocycles. The van der Waals surface area contributed by atoms with E-state index in [4.69, 9.17) is 16.3 Å². The Balaban J connectivity index is 3.15. The highest BCUT2D eigenvalue weighted by molar-refractivity contribution is 6.30. The molecule has 0 aliphatic rings. The van der Waals surface area contributed by atoms with E-state index in [1.54, 1.807) is 20.8 Å². The Morgan fingerprint density at radius 3 is 2.43 bits per heavy atom. The molecule has 1 N–H and O–H groups in total. The largest absolute Gasteiger partial charge is 0.479 e. The Bertz CT molecular complexity index is 556. The Hall–Kier alpha value is -1.82. The SMILES string of the molecule is CN(C(=O)OC(C)(C)C)C(C(=O)O)c1cc(Cl)ccc1F. The Morgan fingerprint density at radius 2 is 1.95 bits per heavy atom. The summed E-state index contributed by atoms with van der Waals surface area (Å²) in [6.45, 7) is 4.94. The highest BCUT2D eigenvalue weighted by Gasteiger charge is 2.33. The van der Waals surface area contributed by atoms with Gasteiger partial charge in [-0.15, -0.1) is 0 Å². The standard InChI is InChI=1S/C14H17ClFNO4/c1-14(2,3)21-13(20)17(4)11(12(18)19)9-7-8(15)5-6-10(9)16/h5-7,11H,1-4H3,(H,18,19). The number of amides is 1. The second-order valence-electron chi connectivity index (χ2n) is 5.50. The quantitative estimate of drug-likeness (QED) is 0.927. The molecule has 0 radical (unpaired) electrons. The van der Waals surface area contributed by atoms with Gasteiger partial charge in [0.2, 0.25) is 0 Å². The van der Waals surface area contributed by atoms with Gasteiger partial charge in [-0.2, -0.15) is 0 Å². The van der Waals surface area contributed by atoms with E-state index in [0.29, 0.717) is 0 Å². The Labute approximate surface area is 127 Å². The van der Waals surface area contributed by atoms with E-state index in [-0.39, 0.29) is 10.6 Å². The lowest BCUT2D eigenvalue weighted by Crippen LogP contribution is -2.40. The van der Waals surface area contributed by atoms with Gasteiger partial charge < -0.3 is 9.84 Å². The number of aliphatic carboxylic acids is 1. The molecule has 1 rings (SSSR count). The number of halogens is 2. The predicted molar refractivity (Wildman–Crippen MR) is 75.8 cm³/mol. The monoisotopic (exact) mass is 317 g/mol. The Morgan fingerprint density at radius 1 is 1.38 bits per heavy atom. The number of ether oxygens (including phenoxy) is 1. The van der Waals surface area contributed by atoms with Gasteiger partial charge in [-0.05, 0) is 39.0 Å². The van der Waals surface area contributed by atoms with Gasteiger partial charge >= 0.3 is 12.1 Å². The van der Waals surface area contributed by atoms with Crippen LogP contribution in [0.1, 0.15) is 32.4 Å². The summed E-state index contributed by atoms with van der Waals surface area (Å²) in [6, 6.07) is 2.00. The van der Waals surface area contributed by atoms with Crippen molar-refractivity contribution >= 4 is 23.7 Å². The lowest BCUT2D eigenvalue weighted by molar-refractivity contribution is -0.143. The minimum absolute atomic E-state index is 0.176. The third-order valence-electron chi connectivity index (χ3n) is 2.56. The normalized spacial score (nSPS) is 12.7. The number of carbonyl (C=O) groups is 2. The molecule has 0 saturated heterocycles. The van der Waals surface area contributed by atoms with Crippen molar-refractivity contribution in [3.05, 3.63) is 34.6 Å². The summed E-state index contributed by atoms with van der Waals surface area (Å²) in [5.74, 6) is -2.15. The van der Waals surface area contributed by atoms with Crippen LogP contribution in [-0.2, 0) is 9.53 Å². The van der Waals surface area contributed by atoms with E-state index in [0.717, 1.165) is 11.0 Å². The first kappa shape index (κ1) is 17.2. The predicted octanol–water partition coefficient (Wildman–Crippen LogP) is 3.47. The van der Waals surface area contributed by atoms with E-state index >= 15 is 0 Å². The molecule has 0 fully saturated rings. The number of nitrogens with zero attached hydrogens (tertiary/aromatic N) is 1. The fourth-order valence-corrected chi connectivity index (χ4v) is 1.85. The fourth-order valence-electron chi connectivity index (χ4n) is 1.67. The molecule has 0 spiro atoms. The summed E-state index contributed by atoms with van der Waals surface area (Å²) < 4.78 is 18.9. The minimum atomic E-state index is -1.53. The topological polar surface area (TPSA) is 66.8 Å². The van der Waals surface area contributed by atoms with Gasteiger partial charge in [-0.1, -0.05) is 11.6 Å². The lowest BCUT2D eigenvalue weighted by Gasteiger charge is -2.28. The van der Waals surface area contributed by atoms with Crippen LogP contribution >= 0.6 is 11.6 Å². The smallest absolute Gasteiger partial charge is 0.411 e. The molecular formula is C14H17ClFNO4. The molecule has 1 aromatic carbocycles. The van der Waals surface area contributed by atoms with Gasteiger partial charge in [0.25, 0.3) is 0 Å². The van der Waals surface area contributed by atoms with E-state index in [2.05, 4.69) is 0 Å².